The molecule has 2 atom stereocenters. The number of unbranched alkanes of at least 4 members (excludes halogenated alkanes) is 65. The summed E-state index contributed by atoms with van der Waals surface area (Å²) in [5.74, 6) is -0.0134. The number of ether oxygens (including phenoxy) is 1. The van der Waals surface area contributed by atoms with E-state index in [1.54, 1.807) is 0 Å². The molecule has 0 bridgehead atoms. The highest BCUT2D eigenvalue weighted by Gasteiger charge is 2.20. The van der Waals surface area contributed by atoms with E-state index in [2.05, 4.69) is 43.5 Å². The molecule has 0 aromatic rings. The minimum absolute atomic E-state index is 0.00948. The molecule has 0 aromatic heterocycles. The van der Waals surface area contributed by atoms with Crippen molar-refractivity contribution >= 4 is 11.9 Å². The zero-order valence-electron chi connectivity index (χ0n) is 62.1. The lowest BCUT2D eigenvalue weighted by Crippen LogP contribution is -2.45. The summed E-state index contributed by atoms with van der Waals surface area (Å²) in [5.41, 5.74) is 0. The Morgan fingerprint density at radius 2 is 0.571 bits per heavy atom. The second-order valence-electron chi connectivity index (χ2n) is 29.2. The second kappa shape index (κ2) is 80.8. The standard InChI is InChI=1S/C85H165NO5/c1-3-5-7-9-11-13-15-17-18-19-20-21-41-44-47-50-54-57-61-65-69-73-77-83(88)82(81-87)86-84(89)78-74-70-66-62-58-55-51-48-45-42-39-37-35-33-31-29-27-25-23-22-24-26-28-30-32-34-36-38-40-43-46-49-52-56-60-64-68-72-76-80-91-85(90)79-75-71-67-63-59-53-16-14-12-10-8-6-4-2/h8,10,14,16,82-83,87-88H,3-7,9,11-13,15,17-81H2,1-2H3,(H,86,89)/b10-8-,16-14-. The zero-order chi connectivity index (χ0) is 65.6. The lowest BCUT2D eigenvalue weighted by molar-refractivity contribution is -0.143. The lowest BCUT2D eigenvalue weighted by Gasteiger charge is -2.22. The molecule has 0 aromatic carbocycles. The van der Waals surface area contributed by atoms with Crippen molar-refractivity contribution in [2.45, 2.75) is 495 Å². The highest BCUT2D eigenvalue weighted by atomic mass is 16.5. The van der Waals surface area contributed by atoms with Gasteiger partial charge in [-0.2, -0.15) is 0 Å². The van der Waals surface area contributed by atoms with E-state index in [0.29, 0.717) is 25.9 Å². The van der Waals surface area contributed by atoms with Gasteiger partial charge in [-0.1, -0.05) is 443 Å². The van der Waals surface area contributed by atoms with Crippen LogP contribution in [0, 0.1) is 0 Å². The van der Waals surface area contributed by atoms with Gasteiger partial charge in [-0.15, -0.1) is 0 Å². The van der Waals surface area contributed by atoms with Crippen LogP contribution in [0.2, 0.25) is 0 Å². The summed E-state index contributed by atoms with van der Waals surface area (Å²) < 4.78 is 5.49. The molecular formula is C85H165NO5. The summed E-state index contributed by atoms with van der Waals surface area (Å²) in [4.78, 5) is 24.6. The van der Waals surface area contributed by atoms with Crippen molar-refractivity contribution in [2.24, 2.45) is 0 Å². The molecule has 0 saturated carbocycles. The summed E-state index contributed by atoms with van der Waals surface area (Å²) in [6.07, 6.45) is 105. The van der Waals surface area contributed by atoms with Crippen molar-refractivity contribution in [1.82, 2.24) is 5.32 Å². The number of carbonyl (C=O) groups is 2. The maximum Gasteiger partial charge on any atom is 0.305 e. The number of amides is 1. The molecule has 6 heteroatoms. The fourth-order valence-corrected chi connectivity index (χ4v) is 13.6. The predicted molar refractivity (Wildman–Crippen MR) is 403 cm³/mol. The van der Waals surface area contributed by atoms with Crippen LogP contribution in [0.4, 0.5) is 0 Å². The van der Waals surface area contributed by atoms with Crippen molar-refractivity contribution in [3.8, 4) is 0 Å². The molecule has 0 rings (SSSR count). The van der Waals surface area contributed by atoms with E-state index < -0.39 is 12.1 Å². The summed E-state index contributed by atoms with van der Waals surface area (Å²) in [6.45, 7) is 4.94. The van der Waals surface area contributed by atoms with Crippen LogP contribution in [-0.2, 0) is 14.3 Å². The van der Waals surface area contributed by atoms with Gasteiger partial charge in [0.2, 0.25) is 5.91 Å². The first-order chi connectivity index (χ1) is 45.0. The van der Waals surface area contributed by atoms with Gasteiger partial charge in [-0.05, 0) is 51.4 Å². The third-order valence-corrected chi connectivity index (χ3v) is 20.0. The first-order valence-corrected chi connectivity index (χ1v) is 42.1. The van der Waals surface area contributed by atoms with Gasteiger partial charge in [-0.25, -0.2) is 0 Å². The molecule has 0 fully saturated rings. The highest BCUT2D eigenvalue weighted by molar-refractivity contribution is 5.76. The van der Waals surface area contributed by atoms with Gasteiger partial charge in [-0.3, -0.25) is 9.59 Å². The Hall–Kier alpha value is -1.66. The lowest BCUT2D eigenvalue weighted by atomic mass is 10.0. The molecule has 0 aliphatic carbocycles. The summed E-state index contributed by atoms with van der Waals surface area (Å²) >= 11 is 0. The van der Waals surface area contributed by atoms with E-state index >= 15 is 0 Å². The van der Waals surface area contributed by atoms with Gasteiger partial charge in [0.25, 0.3) is 0 Å². The molecule has 0 spiro atoms. The van der Waals surface area contributed by atoms with Crippen LogP contribution in [0.1, 0.15) is 483 Å². The van der Waals surface area contributed by atoms with Crippen LogP contribution in [0.25, 0.3) is 0 Å². The minimum Gasteiger partial charge on any atom is -0.466 e. The molecule has 1 amide bonds. The fraction of sp³-hybridized carbons (Fsp3) is 0.929. The van der Waals surface area contributed by atoms with Crippen molar-refractivity contribution < 1.29 is 24.5 Å². The Bertz CT molecular complexity index is 1430. The van der Waals surface area contributed by atoms with Gasteiger partial charge in [0.1, 0.15) is 0 Å². The number of carbonyl (C=O) groups excluding carboxylic acids is 2. The van der Waals surface area contributed by atoms with Gasteiger partial charge >= 0.3 is 5.97 Å². The van der Waals surface area contributed by atoms with Crippen molar-refractivity contribution in [1.29, 1.82) is 0 Å². The molecule has 3 N–H and O–H groups in total. The number of nitrogens with one attached hydrogen (secondary N) is 1. The normalized spacial score (nSPS) is 12.5. The number of hydrogen-bond donors (Lipinski definition) is 3. The summed E-state index contributed by atoms with van der Waals surface area (Å²) in [5, 5.41) is 23.5. The van der Waals surface area contributed by atoms with Crippen molar-refractivity contribution in [3.05, 3.63) is 24.3 Å². The predicted octanol–water partition coefficient (Wildman–Crippen LogP) is 28.0. The Labute approximate surface area is 571 Å². The number of rotatable bonds is 80. The average molecular weight is 1280 g/mol. The van der Waals surface area contributed by atoms with Crippen LogP contribution >= 0.6 is 0 Å². The van der Waals surface area contributed by atoms with E-state index in [-0.39, 0.29) is 18.5 Å². The monoisotopic (exact) mass is 1280 g/mol. The molecule has 0 aliphatic heterocycles. The van der Waals surface area contributed by atoms with Gasteiger partial charge < -0.3 is 20.3 Å². The quantitative estimate of drug-likeness (QED) is 0.0320. The highest BCUT2D eigenvalue weighted by Crippen LogP contribution is 2.21. The van der Waals surface area contributed by atoms with E-state index in [0.717, 1.165) is 51.4 Å². The van der Waals surface area contributed by atoms with Gasteiger partial charge in [0.05, 0.1) is 25.4 Å². The minimum atomic E-state index is -0.661. The summed E-state index contributed by atoms with van der Waals surface area (Å²) in [6, 6.07) is -0.538. The van der Waals surface area contributed by atoms with Crippen LogP contribution in [0.3, 0.4) is 0 Å². The first-order valence-electron chi connectivity index (χ1n) is 42.1. The first kappa shape index (κ1) is 89.3. The van der Waals surface area contributed by atoms with Crippen molar-refractivity contribution in [3.63, 3.8) is 0 Å². The maximum atomic E-state index is 12.6. The SMILES string of the molecule is CCC/C=C\C/C=C\CCCCCCCC(=O)OCCCCCCCCCCCCCCCCCCCCCCCCCCCCCCCCCCCCCCCCCC(=O)NC(CO)C(O)CCCCCCCCCCCCCCCCCCCCCCCC. The Balaban J connectivity index is 3.30. The number of esters is 1. The number of aliphatic hydroxyl groups excluding tert-OH is 2. The molecule has 91 heavy (non-hydrogen) atoms. The molecule has 0 radical (unpaired) electrons. The van der Waals surface area contributed by atoms with E-state index in [1.165, 1.54) is 398 Å². The van der Waals surface area contributed by atoms with E-state index in [1.807, 2.05) is 0 Å². The second-order valence-corrected chi connectivity index (χ2v) is 29.2. The average Bonchev–Trinajstić information content (AvgIpc) is 3.70. The number of hydrogen-bond acceptors (Lipinski definition) is 5. The van der Waals surface area contributed by atoms with Gasteiger partial charge in [0.15, 0.2) is 0 Å². The third kappa shape index (κ3) is 77.2. The Kier molecular flexibility index (Phi) is 79.3. The molecular weight excluding hydrogens is 1110 g/mol. The number of aliphatic hydroxyl groups is 2. The van der Waals surface area contributed by atoms with Crippen LogP contribution in [-0.4, -0.2) is 47.4 Å². The summed E-state index contributed by atoms with van der Waals surface area (Å²) in [7, 11) is 0. The molecule has 540 valence electrons. The number of allylic oxidation sites excluding steroid dienone is 4. The maximum absolute atomic E-state index is 12.6. The van der Waals surface area contributed by atoms with E-state index in [9.17, 15) is 19.8 Å². The molecule has 0 heterocycles. The molecule has 0 aliphatic rings. The third-order valence-electron chi connectivity index (χ3n) is 20.0. The largest absolute Gasteiger partial charge is 0.466 e. The van der Waals surface area contributed by atoms with E-state index in [4.69, 9.17) is 4.74 Å². The molecule has 2 unspecified atom stereocenters. The molecule has 6 nitrogen and oxygen atoms in total. The fourth-order valence-electron chi connectivity index (χ4n) is 13.6. The zero-order valence-corrected chi connectivity index (χ0v) is 62.1. The van der Waals surface area contributed by atoms with Crippen LogP contribution in [0.5, 0.6) is 0 Å². The van der Waals surface area contributed by atoms with Crippen molar-refractivity contribution in [2.75, 3.05) is 13.2 Å². The Morgan fingerprint density at radius 1 is 0.308 bits per heavy atom. The Morgan fingerprint density at radius 3 is 0.879 bits per heavy atom. The molecule has 0 saturated heterocycles. The van der Waals surface area contributed by atoms with Crippen LogP contribution in [0.15, 0.2) is 24.3 Å². The smallest absolute Gasteiger partial charge is 0.305 e. The van der Waals surface area contributed by atoms with Crippen LogP contribution < -0.4 is 5.32 Å². The van der Waals surface area contributed by atoms with Gasteiger partial charge in [0, 0.05) is 12.8 Å². The topological polar surface area (TPSA) is 95.9 Å².